The number of aliphatic imine (C=N–C) groups is 1. The van der Waals surface area contributed by atoms with Gasteiger partial charge in [-0.2, -0.15) is 5.26 Å². The maximum Gasteiger partial charge on any atom is 0.139 e. The summed E-state index contributed by atoms with van der Waals surface area (Å²) in [7, 11) is 2.00. The molecule has 0 aliphatic carbocycles. The summed E-state index contributed by atoms with van der Waals surface area (Å²) in [4.78, 5) is 6.13. The molecule has 0 atom stereocenters. The average molecular weight is 205 g/mol. The van der Waals surface area contributed by atoms with E-state index in [-0.39, 0.29) is 5.54 Å². The van der Waals surface area contributed by atoms with E-state index in [1.54, 1.807) is 6.20 Å². The highest BCUT2D eigenvalue weighted by molar-refractivity contribution is 6.07. The standard InChI is InChI=1S/C12H19N3/c1-7-11(8-13)14-9-10(2)15(6)12(3,4)5/h7,9H,1H2,2-6H3/b10-9+,14-11?. The predicted octanol–water partition coefficient (Wildman–Crippen LogP) is 2.73. The molecule has 82 valence electrons. The van der Waals surface area contributed by atoms with Gasteiger partial charge >= 0.3 is 0 Å². The summed E-state index contributed by atoms with van der Waals surface area (Å²) >= 11 is 0. The van der Waals surface area contributed by atoms with Crippen LogP contribution in [0.1, 0.15) is 27.7 Å². The second-order valence-corrected chi connectivity index (χ2v) is 4.33. The van der Waals surface area contributed by atoms with E-state index >= 15 is 0 Å². The molecule has 0 aliphatic rings. The molecule has 0 aromatic heterocycles. The molecule has 3 heteroatoms. The van der Waals surface area contributed by atoms with Gasteiger partial charge in [0, 0.05) is 24.5 Å². The van der Waals surface area contributed by atoms with Crippen LogP contribution in [0.3, 0.4) is 0 Å². The maximum atomic E-state index is 8.64. The minimum absolute atomic E-state index is 0.0527. The van der Waals surface area contributed by atoms with E-state index in [9.17, 15) is 0 Å². The predicted molar refractivity (Wildman–Crippen MR) is 64.5 cm³/mol. The molecule has 0 saturated heterocycles. The fourth-order valence-corrected chi connectivity index (χ4v) is 0.906. The van der Waals surface area contributed by atoms with Crippen molar-refractivity contribution in [1.82, 2.24) is 4.90 Å². The maximum absolute atomic E-state index is 8.64. The fourth-order valence-electron chi connectivity index (χ4n) is 0.906. The Morgan fingerprint density at radius 2 is 2.00 bits per heavy atom. The van der Waals surface area contributed by atoms with E-state index in [0.717, 1.165) is 5.70 Å². The van der Waals surface area contributed by atoms with Crippen LogP contribution < -0.4 is 0 Å². The SMILES string of the molecule is C=CC(C#N)=N/C=C(\C)N(C)C(C)(C)C. The molecule has 0 aromatic rings. The average Bonchev–Trinajstić information content (AvgIpc) is 2.16. The van der Waals surface area contributed by atoms with Gasteiger partial charge in [-0.05, 0) is 33.8 Å². The van der Waals surface area contributed by atoms with Gasteiger partial charge in [-0.25, -0.2) is 4.99 Å². The molecular formula is C12H19N3. The molecule has 0 unspecified atom stereocenters. The highest BCUT2D eigenvalue weighted by Gasteiger charge is 2.16. The minimum Gasteiger partial charge on any atom is -0.372 e. The smallest absolute Gasteiger partial charge is 0.139 e. The Morgan fingerprint density at radius 1 is 1.47 bits per heavy atom. The van der Waals surface area contributed by atoms with Crippen molar-refractivity contribution in [2.45, 2.75) is 33.2 Å². The van der Waals surface area contributed by atoms with Crippen molar-refractivity contribution in [3.05, 3.63) is 24.6 Å². The van der Waals surface area contributed by atoms with Crippen LogP contribution in [0.2, 0.25) is 0 Å². The lowest BCUT2D eigenvalue weighted by atomic mass is 10.1. The van der Waals surface area contributed by atoms with Crippen LogP contribution in [0.5, 0.6) is 0 Å². The van der Waals surface area contributed by atoms with Gasteiger partial charge < -0.3 is 4.90 Å². The summed E-state index contributed by atoms with van der Waals surface area (Å²) in [5.74, 6) is 0. The number of allylic oxidation sites excluding steroid dienone is 2. The molecule has 0 amide bonds. The van der Waals surface area contributed by atoms with E-state index < -0.39 is 0 Å². The van der Waals surface area contributed by atoms with E-state index in [0.29, 0.717) is 5.71 Å². The van der Waals surface area contributed by atoms with Crippen molar-refractivity contribution in [1.29, 1.82) is 5.26 Å². The fraction of sp³-hybridized carbons (Fsp3) is 0.500. The Hall–Kier alpha value is -1.56. The summed E-state index contributed by atoms with van der Waals surface area (Å²) in [6.45, 7) is 11.8. The molecule has 0 aromatic carbocycles. The zero-order valence-electron chi connectivity index (χ0n) is 10.2. The third-order valence-corrected chi connectivity index (χ3v) is 2.23. The summed E-state index contributed by atoms with van der Waals surface area (Å²) in [5.41, 5.74) is 1.39. The van der Waals surface area contributed by atoms with Gasteiger partial charge in [-0.3, -0.25) is 0 Å². The Kier molecular flexibility index (Phi) is 4.80. The number of hydrogen-bond acceptors (Lipinski definition) is 3. The van der Waals surface area contributed by atoms with E-state index in [1.807, 2.05) is 20.0 Å². The Bertz CT molecular complexity index is 324. The van der Waals surface area contributed by atoms with Crippen LogP contribution in [0.25, 0.3) is 0 Å². The zero-order chi connectivity index (χ0) is 12.1. The van der Waals surface area contributed by atoms with Crippen molar-refractivity contribution in [3.63, 3.8) is 0 Å². The first-order valence-corrected chi connectivity index (χ1v) is 4.84. The molecule has 0 heterocycles. The Labute approximate surface area is 92.4 Å². The Morgan fingerprint density at radius 3 is 2.33 bits per heavy atom. The van der Waals surface area contributed by atoms with Crippen LogP contribution >= 0.6 is 0 Å². The zero-order valence-corrected chi connectivity index (χ0v) is 10.2. The second kappa shape index (κ2) is 5.35. The molecule has 0 spiro atoms. The number of nitriles is 1. The number of nitrogens with zero attached hydrogens (tertiary/aromatic N) is 3. The molecule has 0 aliphatic heterocycles. The van der Waals surface area contributed by atoms with Gasteiger partial charge in [0.15, 0.2) is 0 Å². The van der Waals surface area contributed by atoms with Gasteiger partial charge in [0.1, 0.15) is 11.8 Å². The third kappa shape index (κ3) is 4.46. The molecule has 15 heavy (non-hydrogen) atoms. The molecule has 0 fully saturated rings. The number of rotatable bonds is 3. The Balaban J connectivity index is 4.81. The molecule has 0 saturated carbocycles. The van der Waals surface area contributed by atoms with Crippen molar-refractivity contribution in [2.75, 3.05) is 7.05 Å². The largest absolute Gasteiger partial charge is 0.372 e. The van der Waals surface area contributed by atoms with Gasteiger partial charge in [0.2, 0.25) is 0 Å². The van der Waals surface area contributed by atoms with Crippen molar-refractivity contribution in [2.24, 2.45) is 4.99 Å². The first-order chi connectivity index (χ1) is 6.82. The van der Waals surface area contributed by atoms with E-state index in [1.165, 1.54) is 6.08 Å². The van der Waals surface area contributed by atoms with Crippen LogP contribution in [0, 0.1) is 11.3 Å². The molecule has 0 N–H and O–H groups in total. The van der Waals surface area contributed by atoms with Crippen molar-refractivity contribution < 1.29 is 0 Å². The first kappa shape index (κ1) is 13.4. The van der Waals surface area contributed by atoms with Gasteiger partial charge in [-0.15, -0.1) is 0 Å². The monoisotopic (exact) mass is 205 g/mol. The topological polar surface area (TPSA) is 39.4 Å². The van der Waals surface area contributed by atoms with Crippen molar-refractivity contribution in [3.8, 4) is 6.07 Å². The normalized spacial score (nSPS) is 13.3. The summed E-state index contributed by atoms with van der Waals surface area (Å²) in [6, 6.07) is 1.95. The number of hydrogen-bond donors (Lipinski definition) is 0. The third-order valence-electron chi connectivity index (χ3n) is 2.23. The molecule has 0 radical (unpaired) electrons. The summed E-state index contributed by atoms with van der Waals surface area (Å²) < 4.78 is 0. The quantitative estimate of drug-likeness (QED) is 0.664. The lowest BCUT2D eigenvalue weighted by molar-refractivity contribution is 0.228. The minimum atomic E-state index is 0.0527. The second-order valence-electron chi connectivity index (χ2n) is 4.33. The van der Waals surface area contributed by atoms with Crippen LogP contribution in [-0.2, 0) is 0 Å². The van der Waals surface area contributed by atoms with Crippen molar-refractivity contribution >= 4 is 5.71 Å². The summed E-state index contributed by atoms with van der Waals surface area (Å²) in [6.07, 6.45) is 3.13. The van der Waals surface area contributed by atoms with Crippen LogP contribution in [0.15, 0.2) is 29.5 Å². The molecule has 0 bridgehead atoms. The van der Waals surface area contributed by atoms with Gasteiger partial charge in [0.25, 0.3) is 0 Å². The highest BCUT2D eigenvalue weighted by Crippen LogP contribution is 2.16. The van der Waals surface area contributed by atoms with Crippen LogP contribution in [-0.4, -0.2) is 23.2 Å². The molecular weight excluding hydrogens is 186 g/mol. The highest BCUT2D eigenvalue weighted by atomic mass is 15.2. The lowest BCUT2D eigenvalue weighted by Gasteiger charge is -2.34. The molecule has 0 rings (SSSR count). The first-order valence-electron chi connectivity index (χ1n) is 4.84. The van der Waals surface area contributed by atoms with E-state index in [2.05, 4.69) is 37.2 Å². The van der Waals surface area contributed by atoms with Gasteiger partial charge in [-0.1, -0.05) is 6.58 Å². The van der Waals surface area contributed by atoms with Crippen LogP contribution in [0.4, 0.5) is 0 Å². The van der Waals surface area contributed by atoms with Gasteiger partial charge in [0.05, 0.1) is 0 Å². The molecule has 3 nitrogen and oxygen atoms in total. The van der Waals surface area contributed by atoms with E-state index in [4.69, 9.17) is 5.26 Å². The lowest BCUT2D eigenvalue weighted by Crippen LogP contribution is -2.36. The summed E-state index contributed by atoms with van der Waals surface area (Å²) in [5, 5.41) is 8.64.